The second-order valence-corrected chi connectivity index (χ2v) is 4.77. The molecule has 2 rings (SSSR count). The second-order valence-electron chi connectivity index (χ2n) is 4.77. The molecule has 112 valence electrons. The van der Waals surface area contributed by atoms with Crippen molar-refractivity contribution in [1.29, 1.82) is 0 Å². The van der Waals surface area contributed by atoms with Gasteiger partial charge in [-0.05, 0) is 37.1 Å². The summed E-state index contributed by atoms with van der Waals surface area (Å²) in [5.41, 5.74) is 1.23. The van der Waals surface area contributed by atoms with E-state index in [0.29, 0.717) is 17.7 Å². The predicted molar refractivity (Wildman–Crippen MR) is 73.3 cm³/mol. The van der Waals surface area contributed by atoms with Crippen molar-refractivity contribution in [3.8, 4) is 0 Å². The molecule has 0 saturated heterocycles. The van der Waals surface area contributed by atoms with Crippen LogP contribution in [0.25, 0.3) is 0 Å². The van der Waals surface area contributed by atoms with E-state index in [1.807, 2.05) is 0 Å². The Morgan fingerprint density at radius 3 is 2.81 bits per heavy atom. The fraction of sp³-hybridized carbons (Fsp3) is 0.400. The summed E-state index contributed by atoms with van der Waals surface area (Å²) in [5.74, 6) is -1.59. The number of ether oxygens (including phenoxy) is 1. The Bertz CT molecular complexity index is 585. The van der Waals surface area contributed by atoms with Gasteiger partial charge in [0.2, 0.25) is 5.91 Å². The highest BCUT2D eigenvalue weighted by molar-refractivity contribution is 6.05. The number of benzene rings is 1. The van der Waals surface area contributed by atoms with Crippen LogP contribution < -0.4 is 4.90 Å². The van der Waals surface area contributed by atoms with Crippen LogP contribution in [0.5, 0.6) is 0 Å². The zero-order chi connectivity index (χ0) is 15.4. The van der Waals surface area contributed by atoms with Crippen molar-refractivity contribution >= 4 is 23.3 Å². The van der Waals surface area contributed by atoms with Gasteiger partial charge in [0.15, 0.2) is 5.78 Å². The molecule has 0 bridgehead atoms. The molecular weight excluding hydrogens is 277 g/mol. The van der Waals surface area contributed by atoms with Gasteiger partial charge >= 0.3 is 5.97 Å². The standard InChI is InChI=1S/C15H16FNO4/c1-2-21-15(20)8-12(18)9-17-13-5-4-11(16)7-10(13)3-6-14(17)19/h4-5,7H,2-3,6,8-9H2,1H3. The molecule has 0 atom stereocenters. The fourth-order valence-corrected chi connectivity index (χ4v) is 2.31. The molecule has 0 N–H and O–H groups in total. The Kier molecular flexibility index (Phi) is 4.67. The molecule has 0 fully saturated rings. The summed E-state index contributed by atoms with van der Waals surface area (Å²) in [4.78, 5) is 36.4. The van der Waals surface area contributed by atoms with Crippen LogP contribution in [0.15, 0.2) is 18.2 Å². The summed E-state index contributed by atoms with van der Waals surface area (Å²) >= 11 is 0. The Hall–Kier alpha value is -2.24. The van der Waals surface area contributed by atoms with Crippen LogP contribution in [0.3, 0.4) is 0 Å². The minimum atomic E-state index is -0.605. The summed E-state index contributed by atoms with van der Waals surface area (Å²) in [6.45, 7) is 1.66. The molecule has 1 amide bonds. The number of carbonyl (C=O) groups is 3. The number of Topliss-reactive ketones (excluding diaryl/α,β-unsaturated/α-hetero) is 1. The summed E-state index contributed by atoms with van der Waals surface area (Å²) in [5, 5.41) is 0. The van der Waals surface area contributed by atoms with Crippen LogP contribution in [0.4, 0.5) is 10.1 Å². The van der Waals surface area contributed by atoms with Gasteiger partial charge in [-0.15, -0.1) is 0 Å². The van der Waals surface area contributed by atoms with E-state index in [1.165, 1.54) is 23.1 Å². The molecule has 1 aliphatic heterocycles. The number of anilines is 1. The van der Waals surface area contributed by atoms with Crippen molar-refractivity contribution in [3.05, 3.63) is 29.6 Å². The van der Waals surface area contributed by atoms with Crippen LogP contribution in [0, 0.1) is 5.82 Å². The zero-order valence-electron chi connectivity index (χ0n) is 11.7. The number of halogens is 1. The lowest BCUT2D eigenvalue weighted by molar-refractivity contribution is -0.145. The molecule has 1 aromatic rings. The molecule has 6 heteroatoms. The fourth-order valence-electron chi connectivity index (χ4n) is 2.31. The van der Waals surface area contributed by atoms with E-state index in [0.717, 1.165) is 0 Å². The van der Waals surface area contributed by atoms with Crippen molar-refractivity contribution in [2.24, 2.45) is 0 Å². The molecular formula is C15H16FNO4. The molecule has 0 unspecified atom stereocenters. The number of carbonyl (C=O) groups excluding carboxylic acids is 3. The minimum absolute atomic E-state index is 0.198. The lowest BCUT2D eigenvalue weighted by Gasteiger charge is -2.28. The highest BCUT2D eigenvalue weighted by Gasteiger charge is 2.26. The molecule has 0 radical (unpaired) electrons. The summed E-state index contributed by atoms with van der Waals surface area (Å²) < 4.78 is 17.9. The highest BCUT2D eigenvalue weighted by atomic mass is 19.1. The van der Waals surface area contributed by atoms with Gasteiger partial charge in [0.1, 0.15) is 12.2 Å². The van der Waals surface area contributed by atoms with Crippen molar-refractivity contribution in [2.45, 2.75) is 26.2 Å². The third-order valence-electron chi connectivity index (χ3n) is 3.22. The summed E-state index contributed by atoms with van der Waals surface area (Å²) in [7, 11) is 0. The van der Waals surface area contributed by atoms with Crippen LogP contribution in [0.2, 0.25) is 0 Å². The summed E-state index contributed by atoms with van der Waals surface area (Å²) in [6.07, 6.45) is 0.311. The van der Waals surface area contributed by atoms with Crippen LogP contribution in [0.1, 0.15) is 25.3 Å². The Labute approximate surface area is 121 Å². The van der Waals surface area contributed by atoms with Gasteiger partial charge in [-0.1, -0.05) is 0 Å². The maximum absolute atomic E-state index is 13.2. The number of fused-ring (bicyclic) bond motifs is 1. The third-order valence-corrected chi connectivity index (χ3v) is 3.22. The maximum atomic E-state index is 13.2. The average Bonchev–Trinajstić information content (AvgIpc) is 2.42. The Morgan fingerprint density at radius 2 is 2.10 bits per heavy atom. The van der Waals surface area contributed by atoms with E-state index in [2.05, 4.69) is 0 Å². The van der Waals surface area contributed by atoms with Crippen molar-refractivity contribution < 1.29 is 23.5 Å². The number of nitrogens with zero attached hydrogens (tertiary/aromatic N) is 1. The third kappa shape index (κ3) is 3.65. The van der Waals surface area contributed by atoms with Gasteiger partial charge < -0.3 is 9.64 Å². The number of amides is 1. The number of esters is 1. The van der Waals surface area contributed by atoms with Crippen LogP contribution in [-0.4, -0.2) is 30.8 Å². The van der Waals surface area contributed by atoms with Crippen molar-refractivity contribution in [2.75, 3.05) is 18.1 Å². The van der Waals surface area contributed by atoms with E-state index in [-0.39, 0.29) is 37.7 Å². The van der Waals surface area contributed by atoms with Gasteiger partial charge in [0, 0.05) is 12.1 Å². The van der Waals surface area contributed by atoms with E-state index >= 15 is 0 Å². The van der Waals surface area contributed by atoms with Gasteiger partial charge in [-0.25, -0.2) is 4.39 Å². The molecule has 1 heterocycles. The highest BCUT2D eigenvalue weighted by Crippen LogP contribution is 2.28. The smallest absolute Gasteiger partial charge is 0.313 e. The molecule has 1 aliphatic rings. The number of ketones is 1. The number of hydrogen-bond acceptors (Lipinski definition) is 4. The normalized spacial score (nSPS) is 13.8. The molecule has 0 saturated carbocycles. The first-order chi connectivity index (χ1) is 10.0. The zero-order valence-corrected chi connectivity index (χ0v) is 11.7. The lowest BCUT2D eigenvalue weighted by Crippen LogP contribution is -2.39. The van der Waals surface area contributed by atoms with Crippen molar-refractivity contribution in [1.82, 2.24) is 0 Å². The molecule has 0 aromatic heterocycles. The first-order valence-corrected chi connectivity index (χ1v) is 6.77. The maximum Gasteiger partial charge on any atom is 0.313 e. The molecule has 5 nitrogen and oxygen atoms in total. The lowest BCUT2D eigenvalue weighted by atomic mass is 10.0. The SMILES string of the molecule is CCOC(=O)CC(=O)CN1C(=O)CCc2cc(F)ccc21. The molecule has 1 aromatic carbocycles. The van der Waals surface area contributed by atoms with Crippen LogP contribution >= 0.6 is 0 Å². The van der Waals surface area contributed by atoms with Gasteiger partial charge in [-0.2, -0.15) is 0 Å². The average molecular weight is 293 g/mol. The predicted octanol–water partition coefficient (Wildman–Crippen LogP) is 1.63. The largest absolute Gasteiger partial charge is 0.466 e. The number of aryl methyl sites for hydroxylation is 1. The minimum Gasteiger partial charge on any atom is -0.466 e. The second kappa shape index (κ2) is 6.47. The Morgan fingerprint density at radius 1 is 1.33 bits per heavy atom. The van der Waals surface area contributed by atoms with Gasteiger partial charge in [0.05, 0.1) is 13.2 Å². The van der Waals surface area contributed by atoms with E-state index < -0.39 is 11.8 Å². The number of hydrogen-bond donors (Lipinski definition) is 0. The van der Waals surface area contributed by atoms with Gasteiger partial charge in [-0.3, -0.25) is 14.4 Å². The summed E-state index contributed by atoms with van der Waals surface area (Å²) in [6, 6.07) is 4.10. The van der Waals surface area contributed by atoms with Gasteiger partial charge in [0.25, 0.3) is 0 Å². The monoisotopic (exact) mass is 293 g/mol. The van der Waals surface area contributed by atoms with Crippen LogP contribution in [-0.2, 0) is 25.5 Å². The topological polar surface area (TPSA) is 63.7 Å². The number of rotatable bonds is 5. The first kappa shape index (κ1) is 15.2. The Balaban J connectivity index is 2.11. The quantitative estimate of drug-likeness (QED) is 0.611. The molecule has 21 heavy (non-hydrogen) atoms. The van der Waals surface area contributed by atoms with E-state index in [4.69, 9.17) is 4.74 Å². The molecule has 0 spiro atoms. The molecule has 0 aliphatic carbocycles. The van der Waals surface area contributed by atoms with E-state index in [1.54, 1.807) is 6.92 Å². The first-order valence-electron chi connectivity index (χ1n) is 6.77. The van der Waals surface area contributed by atoms with Crippen molar-refractivity contribution in [3.63, 3.8) is 0 Å². The van der Waals surface area contributed by atoms with E-state index in [9.17, 15) is 18.8 Å².